The van der Waals surface area contributed by atoms with E-state index in [1.807, 2.05) is 18.2 Å². The van der Waals surface area contributed by atoms with Crippen LogP contribution in [0.5, 0.6) is 0 Å². The highest BCUT2D eigenvalue weighted by Gasteiger charge is 2.32. The summed E-state index contributed by atoms with van der Waals surface area (Å²) < 4.78 is 0. The summed E-state index contributed by atoms with van der Waals surface area (Å²) in [5, 5.41) is 10.7. The second kappa shape index (κ2) is 6.90. The van der Waals surface area contributed by atoms with Crippen LogP contribution in [0.3, 0.4) is 0 Å². The molecular formula is C16H25ClN2O. The molecule has 0 aliphatic carbocycles. The van der Waals surface area contributed by atoms with E-state index >= 15 is 0 Å². The van der Waals surface area contributed by atoms with Gasteiger partial charge in [0.15, 0.2) is 0 Å². The molecule has 0 bridgehead atoms. The van der Waals surface area contributed by atoms with E-state index in [0.717, 1.165) is 31.0 Å². The van der Waals surface area contributed by atoms with Crippen LogP contribution in [0.2, 0.25) is 5.02 Å². The summed E-state index contributed by atoms with van der Waals surface area (Å²) in [5.74, 6) is 0.287. The molecule has 0 aromatic heterocycles. The van der Waals surface area contributed by atoms with Crippen molar-refractivity contribution in [3.8, 4) is 0 Å². The molecule has 1 aliphatic rings. The van der Waals surface area contributed by atoms with Crippen LogP contribution in [0, 0.1) is 5.92 Å². The third kappa shape index (κ3) is 3.53. The van der Waals surface area contributed by atoms with Crippen molar-refractivity contribution in [2.75, 3.05) is 13.1 Å². The lowest BCUT2D eigenvalue weighted by Crippen LogP contribution is -2.48. The van der Waals surface area contributed by atoms with Gasteiger partial charge in [0.2, 0.25) is 0 Å². The molecule has 1 aliphatic heterocycles. The molecule has 4 heteroatoms. The summed E-state index contributed by atoms with van der Waals surface area (Å²) in [6, 6.07) is 8.24. The number of piperidine rings is 1. The first-order valence-corrected chi connectivity index (χ1v) is 7.84. The van der Waals surface area contributed by atoms with E-state index < -0.39 is 0 Å². The van der Waals surface area contributed by atoms with Crippen molar-refractivity contribution in [3.63, 3.8) is 0 Å². The third-order valence-electron chi connectivity index (χ3n) is 4.35. The molecule has 1 fully saturated rings. The summed E-state index contributed by atoms with van der Waals surface area (Å²) in [6.45, 7) is 5.98. The Bertz CT molecular complexity index is 440. The van der Waals surface area contributed by atoms with Gasteiger partial charge < -0.3 is 10.8 Å². The molecule has 4 unspecified atom stereocenters. The molecule has 0 amide bonds. The molecule has 3 nitrogen and oxygen atoms in total. The number of aliphatic hydroxyl groups excluding tert-OH is 1. The summed E-state index contributed by atoms with van der Waals surface area (Å²) in [4.78, 5) is 2.40. The van der Waals surface area contributed by atoms with Crippen molar-refractivity contribution in [1.82, 2.24) is 4.90 Å². The third-order valence-corrected chi connectivity index (χ3v) is 4.59. The number of nitrogens with zero attached hydrogens (tertiary/aromatic N) is 1. The molecule has 2 rings (SSSR count). The molecule has 1 aromatic rings. The predicted molar refractivity (Wildman–Crippen MR) is 83.8 cm³/mol. The number of hydrogen-bond donors (Lipinski definition) is 2. The fourth-order valence-corrected chi connectivity index (χ4v) is 3.26. The minimum Gasteiger partial charge on any atom is -0.393 e. The smallest absolute Gasteiger partial charge is 0.0590 e. The number of aliphatic hydroxyl groups is 1. The second-order valence-electron chi connectivity index (χ2n) is 5.90. The van der Waals surface area contributed by atoms with Gasteiger partial charge >= 0.3 is 0 Å². The molecule has 0 saturated carbocycles. The molecule has 20 heavy (non-hydrogen) atoms. The van der Waals surface area contributed by atoms with Crippen LogP contribution in [0.25, 0.3) is 0 Å². The van der Waals surface area contributed by atoms with Crippen molar-refractivity contribution in [3.05, 3.63) is 34.9 Å². The molecule has 0 radical (unpaired) electrons. The Morgan fingerprint density at radius 2 is 2.25 bits per heavy atom. The molecule has 1 aromatic carbocycles. The minimum absolute atomic E-state index is 0.0795. The highest BCUT2D eigenvalue weighted by atomic mass is 35.5. The molecular weight excluding hydrogens is 272 g/mol. The first kappa shape index (κ1) is 15.8. The van der Waals surface area contributed by atoms with E-state index in [4.69, 9.17) is 17.3 Å². The number of halogens is 1. The van der Waals surface area contributed by atoms with Crippen LogP contribution in [-0.4, -0.2) is 35.2 Å². The van der Waals surface area contributed by atoms with Gasteiger partial charge in [-0.05, 0) is 36.5 Å². The highest BCUT2D eigenvalue weighted by molar-refractivity contribution is 6.30. The van der Waals surface area contributed by atoms with Crippen LogP contribution in [0.1, 0.15) is 38.3 Å². The average Bonchev–Trinajstić information content (AvgIpc) is 2.43. The normalized spacial score (nSPS) is 27.2. The van der Waals surface area contributed by atoms with Crippen molar-refractivity contribution in [1.29, 1.82) is 0 Å². The second-order valence-corrected chi connectivity index (χ2v) is 6.34. The highest BCUT2D eigenvalue weighted by Crippen LogP contribution is 2.31. The summed E-state index contributed by atoms with van der Waals surface area (Å²) in [5.41, 5.74) is 7.54. The number of nitrogens with two attached hydrogens (primary N) is 1. The molecule has 112 valence electrons. The van der Waals surface area contributed by atoms with Crippen molar-refractivity contribution in [2.45, 2.75) is 44.9 Å². The monoisotopic (exact) mass is 296 g/mol. The lowest BCUT2D eigenvalue weighted by atomic mass is 9.90. The zero-order chi connectivity index (χ0) is 14.7. The van der Waals surface area contributed by atoms with Gasteiger partial charge in [0, 0.05) is 30.2 Å². The lowest BCUT2D eigenvalue weighted by molar-refractivity contribution is 0.0112. The Morgan fingerprint density at radius 3 is 2.85 bits per heavy atom. The summed E-state index contributed by atoms with van der Waals surface area (Å²) in [7, 11) is 0. The van der Waals surface area contributed by atoms with Crippen LogP contribution in [0.15, 0.2) is 24.3 Å². The Kier molecular flexibility index (Phi) is 5.44. The molecule has 3 N–H and O–H groups in total. The van der Waals surface area contributed by atoms with Crippen molar-refractivity contribution < 1.29 is 5.11 Å². The molecule has 0 spiro atoms. The Morgan fingerprint density at radius 1 is 1.50 bits per heavy atom. The lowest BCUT2D eigenvalue weighted by Gasteiger charge is -2.42. The SMILES string of the molecule is CCC(N)C(c1cccc(Cl)c1)N1CCC(O)C(C)C1. The van der Waals surface area contributed by atoms with Crippen molar-refractivity contribution >= 4 is 11.6 Å². The van der Waals surface area contributed by atoms with Crippen molar-refractivity contribution in [2.24, 2.45) is 11.7 Å². The topological polar surface area (TPSA) is 49.5 Å². The molecule has 1 saturated heterocycles. The summed E-state index contributed by atoms with van der Waals surface area (Å²) in [6.07, 6.45) is 1.54. The van der Waals surface area contributed by atoms with Gasteiger partial charge in [0.05, 0.1) is 6.10 Å². The van der Waals surface area contributed by atoms with Gasteiger partial charge in [-0.3, -0.25) is 4.90 Å². The largest absolute Gasteiger partial charge is 0.393 e. The first-order chi connectivity index (χ1) is 9.52. The maximum Gasteiger partial charge on any atom is 0.0590 e. The van der Waals surface area contributed by atoms with E-state index in [1.165, 1.54) is 5.56 Å². The number of rotatable bonds is 4. The fraction of sp³-hybridized carbons (Fsp3) is 0.625. The Hall–Kier alpha value is -0.610. The average molecular weight is 297 g/mol. The Labute approximate surface area is 126 Å². The quantitative estimate of drug-likeness (QED) is 0.898. The maximum absolute atomic E-state index is 9.91. The standard InChI is InChI=1S/C16H25ClN2O/c1-3-14(18)16(12-5-4-6-13(17)9-12)19-8-7-15(20)11(2)10-19/h4-6,9,11,14-16,20H,3,7-8,10,18H2,1-2H3. The van der Waals surface area contributed by atoms with Crippen LogP contribution >= 0.6 is 11.6 Å². The van der Waals surface area contributed by atoms with E-state index in [2.05, 4.69) is 24.8 Å². The van der Waals surface area contributed by atoms with Gasteiger partial charge in [-0.2, -0.15) is 0 Å². The zero-order valence-electron chi connectivity index (χ0n) is 12.3. The maximum atomic E-state index is 9.91. The van der Waals surface area contributed by atoms with Gasteiger partial charge in [-0.25, -0.2) is 0 Å². The van der Waals surface area contributed by atoms with E-state index in [1.54, 1.807) is 0 Å². The van der Waals surface area contributed by atoms with E-state index in [9.17, 15) is 5.11 Å². The summed E-state index contributed by atoms with van der Waals surface area (Å²) >= 11 is 6.13. The minimum atomic E-state index is -0.191. The van der Waals surface area contributed by atoms with E-state index in [-0.39, 0.29) is 24.1 Å². The van der Waals surface area contributed by atoms with Gasteiger partial charge in [-0.1, -0.05) is 37.6 Å². The fourth-order valence-electron chi connectivity index (χ4n) is 3.06. The van der Waals surface area contributed by atoms with Crippen LogP contribution in [-0.2, 0) is 0 Å². The predicted octanol–water partition coefficient (Wildman–Crippen LogP) is 2.82. The first-order valence-electron chi connectivity index (χ1n) is 7.46. The number of benzene rings is 1. The van der Waals surface area contributed by atoms with Crippen LogP contribution in [0.4, 0.5) is 0 Å². The zero-order valence-corrected chi connectivity index (χ0v) is 13.1. The van der Waals surface area contributed by atoms with Gasteiger partial charge in [-0.15, -0.1) is 0 Å². The van der Waals surface area contributed by atoms with Gasteiger partial charge in [0.1, 0.15) is 0 Å². The van der Waals surface area contributed by atoms with Gasteiger partial charge in [0.25, 0.3) is 0 Å². The molecule has 1 heterocycles. The van der Waals surface area contributed by atoms with Crippen LogP contribution < -0.4 is 5.73 Å². The number of likely N-dealkylation sites (tertiary alicyclic amines) is 1. The Balaban J connectivity index is 2.24. The molecule has 4 atom stereocenters. The van der Waals surface area contributed by atoms with E-state index in [0.29, 0.717) is 0 Å². The number of hydrogen-bond acceptors (Lipinski definition) is 3.